The van der Waals surface area contributed by atoms with Gasteiger partial charge in [0.1, 0.15) is 0 Å². The van der Waals surface area contributed by atoms with Gasteiger partial charge in [0, 0.05) is 6.42 Å². The molecule has 0 aromatic carbocycles. The van der Waals surface area contributed by atoms with E-state index in [9.17, 15) is 15.0 Å². The first kappa shape index (κ1) is 61.6. The van der Waals surface area contributed by atoms with Gasteiger partial charge in [0.05, 0.1) is 18.8 Å². The van der Waals surface area contributed by atoms with Crippen LogP contribution in [0.5, 0.6) is 0 Å². The van der Waals surface area contributed by atoms with Crippen LogP contribution in [0.25, 0.3) is 0 Å². The Kier molecular flexibility index (Phi) is 53.7. The number of hydrogen-bond acceptors (Lipinski definition) is 3. The number of aliphatic hydroxyl groups excluding tert-OH is 2. The molecule has 0 aromatic heterocycles. The Morgan fingerprint density at radius 1 is 0.381 bits per heavy atom. The normalized spacial score (nSPS) is 13.0. The van der Waals surface area contributed by atoms with Crippen LogP contribution in [0.2, 0.25) is 0 Å². The average molecular weight is 885 g/mol. The molecule has 0 saturated carbocycles. The summed E-state index contributed by atoms with van der Waals surface area (Å²) in [5, 5.41) is 23.4. The summed E-state index contributed by atoms with van der Waals surface area (Å²) in [5.41, 5.74) is 0. The zero-order valence-corrected chi connectivity index (χ0v) is 42.9. The monoisotopic (exact) mass is 884 g/mol. The molecule has 372 valence electrons. The molecule has 0 aliphatic rings. The lowest BCUT2D eigenvalue weighted by atomic mass is 10.0. The van der Waals surface area contributed by atoms with Crippen LogP contribution in [-0.2, 0) is 4.79 Å². The second kappa shape index (κ2) is 54.9. The minimum Gasteiger partial charge on any atom is -0.394 e. The Hall–Kier alpha value is -1.39. The number of carbonyl (C=O) groups excluding carboxylic acids is 1. The molecule has 2 unspecified atom stereocenters. The van der Waals surface area contributed by atoms with Crippen LogP contribution in [0.4, 0.5) is 0 Å². The topological polar surface area (TPSA) is 69.6 Å². The van der Waals surface area contributed by atoms with Gasteiger partial charge >= 0.3 is 0 Å². The van der Waals surface area contributed by atoms with Crippen LogP contribution in [-0.4, -0.2) is 34.9 Å². The van der Waals surface area contributed by atoms with Gasteiger partial charge in [-0.2, -0.15) is 0 Å². The molecular formula is C59H113NO3. The lowest BCUT2D eigenvalue weighted by Gasteiger charge is -2.22. The third kappa shape index (κ3) is 51.5. The first-order chi connectivity index (χ1) is 31.2. The molecule has 3 N–H and O–H groups in total. The Labute approximate surface area is 395 Å². The maximum atomic E-state index is 12.5. The molecule has 0 saturated heterocycles. The molecule has 0 aliphatic heterocycles. The summed E-state index contributed by atoms with van der Waals surface area (Å²) in [6.07, 6.45) is 74.2. The highest BCUT2D eigenvalue weighted by Crippen LogP contribution is 2.18. The van der Waals surface area contributed by atoms with Gasteiger partial charge in [0.2, 0.25) is 5.91 Å². The Bertz CT molecular complexity index is 958. The molecule has 4 nitrogen and oxygen atoms in total. The quantitative estimate of drug-likeness (QED) is 0.0421. The summed E-state index contributed by atoms with van der Waals surface area (Å²) in [4.78, 5) is 12.5. The van der Waals surface area contributed by atoms with Crippen molar-refractivity contribution < 1.29 is 15.0 Å². The van der Waals surface area contributed by atoms with Crippen molar-refractivity contribution in [1.82, 2.24) is 5.32 Å². The van der Waals surface area contributed by atoms with E-state index in [1.165, 1.54) is 250 Å². The van der Waals surface area contributed by atoms with Crippen LogP contribution in [0, 0.1) is 0 Å². The predicted molar refractivity (Wildman–Crippen MR) is 281 cm³/mol. The van der Waals surface area contributed by atoms with Crippen molar-refractivity contribution in [3.63, 3.8) is 0 Å². The number of allylic oxidation sites excluding steroid dienone is 6. The lowest BCUT2D eigenvalue weighted by Crippen LogP contribution is -2.45. The molecule has 4 heteroatoms. The summed E-state index contributed by atoms with van der Waals surface area (Å²) in [7, 11) is 0. The van der Waals surface area contributed by atoms with E-state index in [4.69, 9.17) is 0 Å². The summed E-state index contributed by atoms with van der Waals surface area (Å²) < 4.78 is 0. The van der Waals surface area contributed by atoms with Crippen LogP contribution in [0.15, 0.2) is 36.5 Å². The average Bonchev–Trinajstić information content (AvgIpc) is 3.29. The van der Waals surface area contributed by atoms with Crippen molar-refractivity contribution >= 4 is 5.91 Å². The fourth-order valence-electron chi connectivity index (χ4n) is 9.02. The van der Waals surface area contributed by atoms with Gasteiger partial charge in [0.15, 0.2) is 0 Å². The fourth-order valence-corrected chi connectivity index (χ4v) is 9.02. The van der Waals surface area contributed by atoms with E-state index in [1.54, 1.807) is 0 Å². The molecule has 0 heterocycles. The van der Waals surface area contributed by atoms with Crippen molar-refractivity contribution in [3.8, 4) is 0 Å². The summed E-state index contributed by atoms with van der Waals surface area (Å²) in [6, 6.07) is -0.538. The van der Waals surface area contributed by atoms with Gasteiger partial charge in [-0.05, 0) is 51.4 Å². The van der Waals surface area contributed by atoms with Gasteiger partial charge in [0.25, 0.3) is 0 Å². The number of hydrogen-bond donors (Lipinski definition) is 3. The van der Waals surface area contributed by atoms with E-state index in [0.29, 0.717) is 12.8 Å². The Morgan fingerprint density at radius 3 is 0.968 bits per heavy atom. The lowest BCUT2D eigenvalue weighted by molar-refractivity contribution is -0.123. The predicted octanol–water partition coefficient (Wildman–Crippen LogP) is 18.9. The van der Waals surface area contributed by atoms with Crippen molar-refractivity contribution in [2.75, 3.05) is 6.61 Å². The fraction of sp³-hybridized carbons (Fsp3) is 0.881. The van der Waals surface area contributed by atoms with Gasteiger partial charge in [-0.3, -0.25) is 4.79 Å². The standard InChI is InChI=1S/C59H113NO3/c1-3-5-7-9-11-13-15-17-19-21-23-25-27-29-30-31-33-35-37-39-41-43-45-47-49-51-53-55-59(63)60-57(56-61)58(62)54-52-50-48-46-44-42-40-38-36-34-32-28-26-24-22-20-18-16-14-12-10-8-6-4-2/h15,17,21,23,27,29,57-58,61-62H,3-14,16,18-20,22,24-26,28,30-56H2,1-2H3,(H,60,63)/b17-15-,23-21-,29-27-. The highest BCUT2D eigenvalue weighted by atomic mass is 16.3. The van der Waals surface area contributed by atoms with E-state index in [1.807, 2.05) is 0 Å². The smallest absolute Gasteiger partial charge is 0.220 e. The molecule has 0 rings (SSSR count). The Balaban J connectivity index is 3.46. The first-order valence-electron chi connectivity index (χ1n) is 28.7. The molecule has 2 atom stereocenters. The van der Waals surface area contributed by atoms with Crippen LogP contribution in [0.1, 0.15) is 316 Å². The molecule has 0 fully saturated rings. The maximum Gasteiger partial charge on any atom is 0.220 e. The van der Waals surface area contributed by atoms with Gasteiger partial charge in [-0.1, -0.05) is 294 Å². The van der Waals surface area contributed by atoms with Crippen molar-refractivity contribution in [3.05, 3.63) is 36.5 Å². The summed E-state index contributed by atoms with van der Waals surface area (Å²) in [6.45, 7) is 4.38. The number of carbonyl (C=O) groups is 1. The third-order valence-electron chi connectivity index (χ3n) is 13.4. The second-order valence-electron chi connectivity index (χ2n) is 19.7. The van der Waals surface area contributed by atoms with E-state index in [2.05, 4.69) is 55.6 Å². The van der Waals surface area contributed by atoms with Gasteiger partial charge in [-0.25, -0.2) is 0 Å². The van der Waals surface area contributed by atoms with E-state index in [-0.39, 0.29) is 12.5 Å². The summed E-state index contributed by atoms with van der Waals surface area (Å²) in [5.74, 6) is -0.0293. The molecule has 0 aliphatic carbocycles. The van der Waals surface area contributed by atoms with Gasteiger partial charge < -0.3 is 15.5 Å². The highest BCUT2D eigenvalue weighted by molar-refractivity contribution is 5.76. The molecule has 0 radical (unpaired) electrons. The van der Waals surface area contributed by atoms with Crippen LogP contribution < -0.4 is 5.32 Å². The van der Waals surface area contributed by atoms with E-state index >= 15 is 0 Å². The van der Waals surface area contributed by atoms with E-state index in [0.717, 1.165) is 38.5 Å². The second-order valence-corrected chi connectivity index (χ2v) is 19.7. The van der Waals surface area contributed by atoms with Crippen LogP contribution >= 0.6 is 0 Å². The number of rotatable bonds is 53. The largest absolute Gasteiger partial charge is 0.394 e. The van der Waals surface area contributed by atoms with E-state index < -0.39 is 12.1 Å². The summed E-state index contributed by atoms with van der Waals surface area (Å²) >= 11 is 0. The number of nitrogens with one attached hydrogen (secondary N) is 1. The molecule has 1 amide bonds. The molecule has 0 spiro atoms. The molecular weight excluding hydrogens is 771 g/mol. The number of aliphatic hydroxyl groups is 2. The zero-order valence-electron chi connectivity index (χ0n) is 42.9. The van der Waals surface area contributed by atoms with Gasteiger partial charge in [-0.15, -0.1) is 0 Å². The minimum atomic E-state index is -0.661. The zero-order chi connectivity index (χ0) is 45.6. The Morgan fingerprint density at radius 2 is 0.651 bits per heavy atom. The maximum absolute atomic E-state index is 12.5. The third-order valence-corrected chi connectivity index (χ3v) is 13.4. The highest BCUT2D eigenvalue weighted by Gasteiger charge is 2.20. The van der Waals surface area contributed by atoms with Crippen LogP contribution in [0.3, 0.4) is 0 Å². The molecule has 0 bridgehead atoms. The van der Waals surface area contributed by atoms with Crippen molar-refractivity contribution in [2.45, 2.75) is 328 Å². The SMILES string of the molecule is CCCCCCC/C=C\C/C=C\C/C=C\CCCCCCCCCCCCCCC(=O)NC(CO)C(O)CCCCCCCCCCCCCCCCCCCCCCCCCC. The minimum absolute atomic E-state index is 0.0293. The molecule has 63 heavy (non-hydrogen) atoms. The number of unbranched alkanes of at least 4 members (excludes halogenated alkanes) is 40. The van der Waals surface area contributed by atoms with Crippen molar-refractivity contribution in [2.24, 2.45) is 0 Å². The molecule has 0 aromatic rings. The van der Waals surface area contributed by atoms with Crippen molar-refractivity contribution in [1.29, 1.82) is 0 Å². The first-order valence-corrected chi connectivity index (χ1v) is 28.7. The number of amides is 1.